The Balaban J connectivity index is 0.918. The van der Waals surface area contributed by atoms with Gasteiger partial charge in [-0.25, -0.2) is 4.52 Å². The molecule has 306 valence electrons. The Hall–Kier alpha value is -7.69. The lowest BCUT2D eigenvalue weighted by molar-refractivity contribution is 0.660. The molecule has 13 rings (SSSR count). The Morgan fingerprint density at radius 1 is 0.516 bits per heavy atom. The third-order valence-electron chi connectivity index (χ3n) is 14.3. The molecule has 0 unspecified atom stereocenters. The van der Waals surface area contributed by atoms with Crippen molar-refractivity contribution in [2.75, 3.05) is 4.90 Å². The number of para-hydroxylation sites is 2. The molecule has 0 amide bonds. The Kier molecular flexibility index (Phi) is 8.02. The van der Waals surface area contributed by atoms with Crippen LogP contribution in [-0.2, 0) is 5.41 Å². The predicted octanol–water partition coefficient (Wildman–Crippen LogP) is 15.9. The molecule has 64 heavy (non-hydrogen) atoms. The number of aryl methyl sites for hydroxylation is 1. The molecule has 4 nitrogen and oxygen atoms in total. The Bertz CT molecular complexity index is 3640. The van der Waals surface area contributed by atoms with Crippen LogP contribution in [0.3, 0.4) is 0 Å². The second-order valence-corrected chi connectivity index (χ2v) is 18.4. The number of aromatic nitrogens is 3. The normalized spacial score (nSPS) is 14.1. The van der Waals surface area contributed by atoms with E-state index in [1.807, 2.05) is 0 Å². The van der Waals surface area contributed by atoms with Crippen molar-refractivity contribution in [2.24, 2.45) is 0 Å². The fourth-order valence-electron chi connectivity index (χ4n) is 10.9. The van der Waals surface area contributed by atoms with Gasteiger partial charge >= 0.3 is 0 Å². The topological polar surface area (TPSA) is 25.5 Å². The van der Waals surface area contributed by atoms with Crippen molar-refractivity contribution in [3.8, 4) is 39.2 Å². The van der Waals surface area contributed by atoms with E-state index < -0.39 is 0 Å². The van der Waals surface area contributed by atoms with E-state index >= 15 is 0 Å². The van der Waals surface area contributed by atoms with Gasteiger partial charge in [0.1, 0.15) is 0 Å². The molecule has 0 bridgehead atoms. The number of hydrogen-bond acceptors (Lipinski definition) is 2. The Morgan fingerprint density at radius 2 is 1.14 bits per heavy atom. The van der Waals surface area contributed by atoms with E-state index in [2.05, 4.69) is 229 Å². The largest absolute Gasteiger partial charge is 0.310 e. The molecule has 0 atom stereocenters. The van der Waals surface area contributed by atoms with Crippen molar-refractivity contribution in [1.82, 2.24) is 14.2 Å². The molecule has 1 saturated carbocycles. The first kappa shape index (κ1) is 36.9. The van der Waals surface area contributed by atoms with Crippen LogP contribution < -0.4 is 4.90 Å². The highest BCUT2D eigenvalue weighted by atomic mass is 15.2. The molecule has 0 aliphatic heterocycles. The first-order valence-corrected chi connectivity index (χ1v) is 22.7. The van der Waals surface area contributed by atoms with Gasteiger partial charge in [-0.15, -0.1) is 0 Å². The lowest BCUT2D eigenvalue weighted by Crippen LogP contribution is -2.16. The number of benzene rings is 8. The number of rotatable bonds is 7. The third-order valence-corrected chi connectivity index (χ3v) is 14.3. The van der Waals surface area contributed by atoms with Gasteiger partial charge in [0.25, 0.3) is 0 Å². The molecule has 0 spiro atoms. The van der Waals surface area contributed by atoms with Gasteiger partial charge in [0.05, 0.1) is 22.2 Å². The number of hydrogen-bond donors (Lipinski definition) is 0. The van der Waals surface area contributed by atoms with Crippen LogP contribution in [-0.4, -0.2) is 14.2 Å². The van der Waals surface area contributed by atoms with E-state index in [4.69, 9.17) is 5.10 Å². The highest BCUT2D eigenvalue weighted by molar-refractivity contribution is 6.10. The van der Waals surface area contributed by atoms with Crippen molar-refractivity contribution in [1.29, 1.82) is 0 Å². The van der Waals surface area contributed by atoms with Crippen LogP contribution in [0, 0.1) is 6.92 Å². The molecule has 1 fully saturated rings. The maximum Gasteiger partial charge on any atom is 0.0963 e. The van der Waals surface area contributed by atoms with Crippen LogP contribution in [0.4, 0.5) is 17.1 Å². The zero-order chi connectivity index (χ0) is 42.7. The smallest absolute Gasteiger partial charge is 0.0963 e. The van der Waals surface area contributed by atoms with E-state index in [-0.39, 0.29) is 5.41 Å². The minimum absolute atomic E-state index is 0.117. The number of anilines is 3. The van der Waals surface area contributed by atoms with E-state index in [0.717, 1.165) is 28.3 Å². The van der Waals surface area contributed by atoms with Crippen molar-refractivity contribution in [3.05, 3.63) is 217 Å². The fraction of sp³-hybridized carbons (Fsp3) is 0.117. The van der Waals surface area contributed by atoms with Gasteiger partial charge < -0.3 is 9.47 Å². The average Bonchev–Trinajstić information content (AvgIpc) is 4.01. The first-order valence-electron chi connectivity index (χ1n) is 22.7. The minimum atomic E-state index is -0.117. The van der Waals surface area contributed by atoms with Gasteiger partial charge in [-0.05, 0) is 131 Å². The molecule has 3 heterocycles. The van der Waals surface area contributed by atoms with Crippen LogP contribution in [0.15, 0.2) is 194 Å². The SMILES string of the molecule is Cc1c(-c2ccc(N(c3ccc(-c4ccc5c(c4)c4ccccc4n5-c4ccccc4)cc3)c3ccc4c(c3)C(C)(C)c3ccccc3-4)cc2)nn2c(C3CC3)cc3ccccc3c12. The van der Waals surface area contributed by atoms with Crippen molar-refractivity contribution in [3.63, 3.8) is 0 Å². The number of fused-ring (bicyclic) bond motifs is 9. The summed E-state index contributed by atoms with van der Waals surface area (Å²) in [7, 11) is 0. The summed E-state index contributed by atoms with van der Waals surface area (Å²) in [5.74, 6) is 0.580. The van der Waals surface area contributed by atoms with E-state index in [0.29, 0.717) is 5.92 Å². The van der Waals surface area contributed by atoms with Gasteiger partial charge in [-0.3, -0.25) is 0 Å². The first-order chi connectivity index (χ1) is 31.4. The third kappa shape index (κ3) is 5.58. The summed E-state index contributed by atoms with van der Waals surface area (Å²) in [6.45, 7) is 6.96. The molecule has 8 aromatic carbocycles. The van der Waals surface area contributed by atoms with Gasteiger partial charge in [-0.2, -0.15) is 5.10 Å². The monoisotopic (exact) mass is 822 g/mol. The van der Waals surface area contributed by atoms with Crippen molar-refractivity contribution >= 4 is 55.2 Å². The molecule has 0 radical (unpaired) electrons. The molecule has 0 saturated heterocycles. The fourth-order valence-corrected chi connectivity index (χ4v) is 10.9. The van der Waals surface area contributed by atoms with Crippen molar-refractivity contribution < 1.29 is 0 Å². The molecule has 3 aromatic heterocycles. The summed E-state index contributed by atoms with van der Waals surface area (Å²) >= 11 is 0. The summed E-state index contributed by atoms with van der Waals surface area (Å²) in [6.07, 6.45) is 2.46. The van der Waals surface area contributed by atoms with Crippen LogP contribution in [0.1, 0.15) is 55.0 Å². The standard InChI is InChI=1S/C60H46N4/c1-38-58(61-64-57(40-21-22-40)36-43-13-7-8-16-48(43)59(38)64)41-25-30-46(31-26-41)62(47-32-33-50-49-17-9-11-19-53(49)60(2,3)54(50)37-47)45-28-23-39(24-29-45)42-27-34-56-52(35-42)51-18-10-12-20-55(51)63(56)44-14-5-4-6-15-44/h4-20,23-37,40H,21-22H2,1-3H3. The van der Waals surface area contributed by atoms with Gasteiger partial charge in [-0.1, -0.05) is 135 Å². The van der Waals surface area contributed by atoms with Crippen molar-refractivity contribution in [2.45, 2.75) is 44.9 Å². The number of pyridine rings is 1. The van der Waals surface area contributed by atoms with Crippen LogP contribution in [0.5, 0.6) is 0 Å². The molecule has 2 aliphatic rings. The second kappa shape index (κ2) is 13.9. The quantitative estimate of drug-likeness (QED) is 0.160. The molecule has 2 aliphatic carbocycles. The lowest BCUT2D eigenvalue weighted by Gasteiger charge is -2.28. The zero-order valence-electron chi connectivity index (χ0n) is 36.3. The Labute approximate surface area is 373 Å². The number of nitrogens with zero attached hydrogens (tertiary/aromatic N) is 4. The highest BCUT2D eigenvalue weighted by Gasteiger charge is 2.36. The summed E-state index contributed by atoms with van der Waals surface area (Å²) in [6, 6.07) is 71.6. The summed E-state index contributed by atoms with van der Waals surface area (Å²) in [5.41, 5.74) is 20.5. The molecular weight excluding hydrogens is 777 g/mol. The van der Waals surface area contributed by atoms with E-state index in [1.165, 1.54) is 101 Å². The van der Waals surface area contributed by atoms with Crippen LogP contribution in [0.25, 0.3) is 77.3 Å². The molecule has 0 N–H and O–H groups in total. The highest BCUT2D eigenvalue weighted by Crippen LogP contribution is 2.51. The van der Waals surface area contributed by atoms with Gasteiger partial charge in [0.2, 0.25) is 0 Å². The predicted molar refractivity (Wildman–Crippen MR) is 267 cm³/mol. The average molecular weight is 823 g/mol. The zero-order valence-corrected chi connectivity index (χ0v) is 36.3. The van der Waals surface area contributed by atoms with Crippen LogP contribution in [0.2, 0.25) is 0 Å². The van der Waals surface area contributed by atoms with Gasteiger partial charge in [0.15, 0.2) is 0 Å². The van der Waals surface area contributed by atoms with E-state index in [9.17, 15) is 0 Å². The molecule has 11 aromatic rings. The summed E-state index contributed by atoms with van der Waals surface area (Å²) in [4.78, 5) is 2.42. The summed E-state index contributed by atoms with van der Waals surface area (Å²) < 4.78 is 4.62. The van der Waals surface area contributed by atoms with Gasteiger partial charge in [0, 0.05) is 67.1 Å². The maximum absolute atomic E-state index is 5.35. The molecule has 4 heteroatoms. The maximum atomic E-state index is 5.35. The Morgan fingerprint density at radius 3 is 1.92 bits per heavy atom. The van der Waals surface area contributed by atoms with E-state index in [1.54, 1.807) is 0 Å². The molecular formula is C60H46N4. The minimum Gasteiger partial charge on any atom is -0.310 e. The second-order valence-electron chi connectivity index (χ2n) is 18.4. The lowest BCUT2D eigenvalue weighted by atomic mass is 9.82. The summed E-state index contributed by atoms with van der Waals surface area (Å²) in [5, 5.41) is 10.4. The van der Waals surface area contributed by atoms with Crippen LogP contribution >= 0.6 is 0 Å².